The van der Waals surface area contributed by atoms with Gasteiger partial charge in [0.2, 0.25) is 0 Å². The maximum absolute atomic E-state index is 7.07. The van der Waals surface area contributed by atoms with Gasteiger partial charge in [0.25, 0.3) is 0 Å². The molecule has 2 aliphatic carbocycles. The lowest BCUT2D eigenvalue weighted by molar-refractivity contribution is 0.670. The maximum atomic E-state index is 7.07. The number of rotatable bonds is 5. The van der Waals surface area contributed by atoms with Crippen LogP contribution in [0.1, 0.15) is 22.3 Å². The second kappa shape index (κ2) is 12.4. The molecule has 3 heteroatoms. The van der Waals surface area contributed by atoms with Crippen molar-refractivity contribution in [3.8, 4) is 27.9 Å². The third kappa shape index (κ3) is 4.24. The van der Waals surface area contributed by atoms with Crippen molar-refractivity contribution in [1.82, 2.24) is 4.57 Å². The first-order valence-electron chi connectivity index (χ1n) is 21.4. The van der Waals surface area contributed by atoms with Crippen molar-refractivity contribution in [2.24, 2.45) is 0 Å². The van der Waals surface area contributed by atoms with Crippen LogP contribution in [-0.4, -0.2) is 4.57 Å². The first-order valence-corrected chi connectivity index (χ1v) is 21.4. The quantitative estimate of drug-likeness (QED) is 0.173. The fraction of sp³-hybridized carbons (Fsp3) is 0.0169. The molecule has 0 atom stereocenters. The minimum Gasteiger partial charge on any atom is -0.455 e. The summed E-state index contributed by atoms with van der Waals surface area (Å²) in [5, 5.41) is 7.32. The second-order valence-corrected chi connectivity index (χ2v) is 16.7. The maximum Gasteiger partial charge on any atom is 0.145 e. The van der Waals surface area contributed by atoms with Gasteiger partial charge in [0, 0.05) is 38.8 Å². The van der Waals surface area contributed by atoms with E-state index < -0.39 is 5.41 Å². The molecule has 0 fully saturated rings. The SMILES string of the molecule is c1ccc(N(c2ccccc2)c2ccc(-c3ccc4c5c3ccc3c5c5c(cccc5n3-c3ccccc3)C43c4ccccc4-c4ccccc43)c3oc4ccccc4c23)cc1. The Morgan fingerprint density at radius 1 is 0.355 bits per heavy atom. The van der Waals surface area contributed by atoms with E-state index in [4.69, 9.17) is 4.42 Å². The predicted molar refractivity (Wildman–Crippen MR) is 257 cm³/mol. The molecular weight excluding hydrogens is 753 g/mol. The van der Waals surface area contributed by atoms with Gasteiger partial charge >= 0.3 is 0 Å². The van der Waals surface area contributed by atoms with E-state index in [2.05, 4.69) is 228 Å². The van der Waals surface area contributed by atoms with E-state index in [1.165, 1.54) is 66.0 Å². The molecule has 0 unspecified atom stereocenters. The highest BCUT2D eigenvalue weighted by Gasteiger charge is 2.50. The van der Waals surface area contributed by atoms with Crippen molar-refractivity contribution in [2.45, 2.75) is 5.41 Å². The van der Waals surface area contributed by atoms with Gasteiger partial charge in [0.15, 0.2) is 0 Å². The van der Waals surface area contributed by atoms with Crippen molar-refractivity contribution in [1.29, 1.82) is 0 Å². The Morgan fingerprint density at radius 2 is 0.935 bits per heavy atom. The summed E-state index contributed by atoms with van der Waals surface area (Å²) in [7, 11) is 0. The summed E-state index contributed by atoms with van der Waals surface area (Å²) >= 11 is 0. The van der Waals surface area contributed by atoms with Crippen LogP contribution >= 0.6 is 0 Å². The molecule has 0 saturated heterocycles. The molecule has 1 spiro atoms. The molecule has 0 radical (unpaired) electrons. The fourth-order valence-electron chi connectivity index (χ4n) is 11.5. The van der Waals surface area contributed by atoms with Gasteiger partial charge in [-0.2, -0.15) is 0 Å². The lowest BCUT2D eigenvalue weighted by Crippen LogP contribution is -2.30. The smallest absolute Gasteiger partial charge is 0.145 e. The summed E-state index contributed by atoms with van der Waals surface area (Å²) in [5.74, 6) is 0. The molecule has 0 bridgehead atoms. The number of aromatic nitrogens is 1. The van der Waals surface area contributed by atoms with Gasteiger partial charge in [0.1, 0.15) is 11.2 Å². The Kier molecular flexibility index (Phi) is 6.76. The van der Waals surface area contributed by atoms with E-state index in [-0.39, 0.29) is 0 Å². The number of hydrogen-bond acceptors (Lipinski definition) is 2. The molecule has 62 heavy (non-hydrogen) atoms. The van der Waals surface area contributed by atoms with Crippen molar-refractivity contribution in [2.75, 3.05) is 4.90 Å². The Hall–Kier alpha value is -8.14. The van der Waals surface area contributed by atoms with Crippen LogP contribution in [0.25, 0.3) is 82.5 Å². The lowest BCUT2D eigenvalue weighted by Gasteiger charge is -2.38. The van der Waals surface area contributed by atoms with E-state index in [0.29, 0.717) is 0 Å². The van der Waals surface area contributed by atoms with Crippen LogP contribution in [0.15, 0.2) is 223 Å². The molecule has 3 nitrogen and oxygen atoms in total. The Balaban J connectivity index is 1.13. The molecule has 0 N–H and O–H groups in total. The zero-order valence-electron chi connectivity index (χ0n) is 33.6. The lowest BCUT2D eigenvalue weighted by atomic mass is 9.63. The fourth-order valence-corrected chi connectivity index (χ4v) is 11.5. The second-order valence-electron chi connectivity index (χ2n) is 16.7. The van der Waals surface area contributed by atoms with E-state index in [0.717, 1.165) is 55.8 Å². The molecule has 10 aromatic carbocycles. The zero-order valence-corrected chi connectivity index (χ0v) is 33.6. The third-order valence-corrected chi connectivity index (χ3v) is 13.8. The summed E-state index contributed by atoms with van der Waals surface area (Å²) in [6.45, 7) is 0. The van der Waals surface area contributed by atoms with Gasteiger partial charge in [-0.25, -0.2) is 0 Å². The summed E-state index contributed by atoms with van der Waals surface area (Å²) in [5.41, 5.74) is 18.2. The van der Waals surface area contributed by atoms with Gasteiger partial charge in [0.05, 0.1) is 27.5 Å². The minimum atomic E-state index is -0.516. The molecule has 2 aliphatic rings. The highest BCUT2D eigenvalue weighted by atomic mass is 16.3. The van der Waals surface area contributed by atoms with Gasteiger partial charge in [-0.15, -0.1) is 0 Å². The average Bonchev–Trinajstić information content (AvgIpc) is 4.00. The largest absolute Gasteiger partial charge is 0.455 e. The van der Waals surface area contributed by atoms with Crippen LogP contribution < -0.4 is 4.90 Å². The molecular formula is C59H36N2O. The monoisotopic (exact) mass is 788 g/mol. The molecule has 2 heterocycles. The minimum absolute atomic E-state index is 0.516. The molecule has 2 aromatic heterocycles. The Labute approximate surface area is 358 Å². The van der Waals surface area contributed by atoms with Crippen molar-refractivity contribution in [3.63, 3.8) is 0 Å². The molecule has 288 valence electrons. The standard InChI is InChI=1S/C59H36N2O/c1-4-17-37(18-5-1)60(38-19-6-2-7-20-38)51-36-33-44(58-55(51)45-25-12-15-30-53(45)62-58)40-31-34-49-54-43(40)32-35-52-57(54)56-48(28-16-29-50(56)61(52)39-21-8-3-9-22-39)59(49)46-26-13-10-23-41(46)42-24-11-14-27-47(42)59/h1-36H. The van der Waals surface area contributed by atoms with Gasteiger partial charge in [-0.3, -0.25) is 0 Å². The molecule has 0 amide bonds. The summed E-state index contributed by atoms with van der Waals surface area (Å²) in [6, 6.07) is 79.9. The van der Waals surface area contributed by atoms with Crippen LogP contribution in [0.5, 0.6) is 0 Å². The average molecular weight is 789 g/mol. The number of benzene rings is 10. The van der Waals surface area contributed by atoms with E-state index >= 15 is 0 Å². The molecule has 0 aliphatic heterocycles. The zero-order chi connectivity index (χ0) is 40.5. The number of hydrogen-bond donors (Lipinski definition) is 0. The molecule has 12 aromatic rings. The number of para-hydroxylation sites is 4. The molecule has 0 saturated carbocycles. The van der Waals surface area contributed by atoms with Crippen LogP contribution in [0.2, 0.25) is 0 Å². The van der Waals surface area contributed by atoms with E-state index in [1.807, 2.05) is 0 Å². The van der Waals surface area contributed by atoms with Crippen LogP contribution in [0.4, 0.5) is 17.1 Å². The normalized spacial score (nSPS) is 13.3. The molecule has 14 rings (SSSR count). The van der Waals surface area contributed by atoms with Crippen LogP contribution in [0.3, 0.4) is 0 Å². The predicted octanol–water partition coefficient (Wildman–Crippen LogP) is 15.6. The first-order chi connectivity index (χ1) is 30.8. The summed E-state index contributed by atoms with van der Waals surface area (Å²) in [4.78, 5) is 2.36. The Bertz CT molecular complexity index is 3720. The number of nitrogens with zero attached hydrogens (tertiary/aromatic N) is 2. The van der Waals surface area contributed by atoms with Gasteiger partial charge in [-0.1, -0.05) is 152 Å². The number of furan rings is 1. The Morgan fingerprint density at radius 3 is 1.66 bits per heavy atom. The number of anilines is 3. The number of fused-ring (bicyclic) bond motifs is 10. The van der Waals surface area contributed by atoms with E-state index in [9.17, 15) is 0 Å². The summed E-state index contributed by atoms with van der Waals surface area (Å²) in [6.07, 6.45) is 0. The van der Waals surface area contributed by atoms with Crippen molar-refractivity contribution in [3.05, 3.63) is 241 Å². The van der Waals surface area contributed by atoms with Crippen molar-refractivity contribution >= 4 is 71.6 Å². The summed E-state index contributed by atoms with van der Waals surface area (Å²) < 4.78 is 9.54. The van der Waals surface area contributed by atoms with Crippen molar-refractivity contribution < 1.29 is 4.42 Å². The highest BCUT2D eigenvalue weighted by molar-refractivity contribution is 6.29. The third-order valence-electron chi connectivity index (χ3n) is 13.8. The topological polar surface area (TPSA) is 21.3 Å². The van der Waals surface area contributed by atoms with Crippen LogP contribution in [-0.2, 0) is 5.41 Å². The first kappa shape index (κ1) is 33.7. The van der Waals surface area contributed by atoms with Gasteiger partial charge < -0.3 is 13.9 Å². The highest BCUT2D eigenvalue weighted by Crippen LogP contribution is 2.63. The van der Waals surface area contributed by atoms with E-state index in [1.54, 1.807) is 0 Å². The van der Waals surface area contributed by atoms with Gasteiger partial charge in [-0.05, 0) is 116 Å². The van der Waals surface area contributed by atoms with Crippen LogP contribution in [0, 0.1) is 0 Å².